The molecular formula is C19H19N3O4. The molecule has 1 amide bonds. The largest absolute Gasteiger partial charge is 0.465 e. The van der Waals surface area contributed by atoms with Gasteiger partial charge in [0.25, 0.3) is 0 Å². The molecule has 3 rings (SSSR count). The molecule has 1 N–H and O–H groups in total. The molecule has 1 heterocycles. The summed E-state index contributed by atoms with van der Waals surface area (Å²) < 4.78 is 7.62. The molecule has 2 aromatic carbocycles. The Bertz CT molecular complexity index is 1020. The molecule has 0 unspecified atom stereocenters. The van der Waals surface area contributed by atoms with Crippen molar-refractivity contribution in [2.75, 3.05) is 7.11 Å². The van der Waals surface area contributed by atoms with E-state index in [4.69, 9.17) is 0 Å². The van der Waals surface area contributed by atoms with Gasteiger partial charge in [0.2, 0.25) is 5.91 Å². The molecule has 3 aromatic rings. The van der Waals surface area contributed by atoms with E-state index in [1.165, 1.54) is 16.2 Å². The number of ether oxygens (including phenoxy) is 1. The molecule has 0 bridgehead atoms. The van der Waals surface area contributed by atoms with Gasteiger partial charge < -0.3 is 10.1 Å². The molecule has 7 heteroatoms. The van der Waals surface area contributed by atoms with Crippen LogP contribution < -0.4 is 11.0 Å². The maximum absolute atomic E-state index is 12.3. The summed E-state index contributed by atoms with van der Waals surface area (Å²) in [6.45, 7) is 0.250. The third kappa shape index (κ3) is 3.37. The maximum atomic E-state index is 12.3. The zero-order valence-corrected chi connectivity index (χ0v) is 14.6. The number of nitrogens with one attached hydrogen (secondary N) is 1. The first-order valence-electron chi connectivity index (χ1n) is 8.09. The van der Waals surface area contributed by atoms with Crippen LogP contribution in [0.1, 0.15) is 15.9 Å². The molecule has 0 fully saturated rings. The number of carbonyl (C=O) groups is 2. The van der Waals surface area contributed by atoms with Crippen LogP contribution in [0.2, 0.25) is 0 Å². The van der Waals surface area contributed by atoms with Crippen LogP contribution in [0.15, 0.2) is 53.3 Å². The van der Waals surface area contributed by atoms with E-state index in [9.17, 15) is 14.4 Å². The highest BCUT2D eigenvalue weighted by molar-refractivity contribution is 5.89. The Morgan fingerprint density at radius 2 is 1.69 bits per heavy atom. The Labute approximate surface area is 149 Å². The minimum Gasteiger partial charge on any atom is -0.465 e. The summed E-state index contributed by atoms with van der Waals surface area (Å²) in [5.74, 6) is -0.670. The van der Waals surface area contributed by atoms with Crippen molar-refractivity contribution in [1.29, 1.82) is 0 Å². The first-order chi connectivity index (χ1) is 12.5. The number of aryl methyl sites for hydroxylation is 1. The number of carbonyl (C=O) groups excluding carboxylic acids is 2. The van der Waals surface area contributed by atoms with Crippen molar-refractivity contribution in [3.05, 3.63) is 70.1 Å². The second-order valence-electron chi connectivity index (χ2n) is 5.88. The van der Waals surface area contributed by atoms with E-state index >= 15 is 0 Å². The predicted octanol–water partition coefficient (Wildman–Crippen LogP) is 1.44. The molecular weight excluding hydrogens is 334 g/mol. The van der Waals surface area contributed by atoms with Crippen molar-refractivity contribution in [2.45, 2.75) is 13.1 Å². The average molecular weight is 353 g/mol. The highest BCUT2D eigenvalue weighted by atomic mass is 16.5. The standard InChI is InChI=1S/C19H19N3O4/c1-21-15-5-3-4-6-16(15)22(19(21)25)12-17(23)20-11-13-7-9-14(10-8-13)18(24)26-2/h3-10H,11-12H2,1-2H3,(H,20,23). The molecule has 0 saturated carbocycles. The quantitative estimate of drug-likeness (QED) is 0.704. The fraction of sp³-hybridized carbons (Fsp3) is 0.211. The first kappa shape index (κ1) is 17.5. The van der Waals surface area contributed by atoms with Crippen molar-refractivity contribution in [3.8, 4) is 0 Å². The highest BCUT2D eigenvalue weighted by Gasteiger charge is 2.13. The highest BCUT2D eigenvalue weighted by Crippen LogP contribution is 2.11. The van der Waals surface area contributed by atoms with Crippen LogP contribution in [0.5, 0.6) is 0 Å². The lowest BCUT2D eigenvalue weighted by atomic mass is 10.1. The van der Waals surface area contributed by atoms with E-state index in [1.54, 1.807) is 31.3 Å². The van der Waals surface area contributed by atoms with Crippen LogP contribution >= 0.6 is 0 Å². The predicted molar refractivity (Wildman–Crippen MR) is 96.8 cm³/mol. The van der Waals surface area contributed by atoms with Gasteiger partial charge in [0.1, 0.15) is 6.54 Å². The lowest BCUT2D eigenvalue weighted by molar-refractivity contribution is -0.121. The monoisotopic (exact) mass is 353 g/mol. The number of rotatable bonds is 5. The van der Waals surface area contributed by atoms with Crippen molar-refractivity contribution in [1.82, 2.24) is 14.5 Å². The number of esters is 1. The number of para-hydroxylation sites is 2. The van der Waals surface area contributed by atoms with Gasteiger partial charge in [0, 0.05) is 13.6 Å². The van der Waals surface area contributed by atoms with Crippen LogP contribution in [0.4, 0.5) is 0 Å². The number of imidazole rings is 1. The van der Waals surface area contributed by atoms with Crippen LogP contribution in [0.25, 0.3) is 11.0 Å². The van der Waals surface area contributed by atoms with Crippen LogP contribution in [-0.2, 0) is 29.7 Å². The molecule has 0 spiro atoms. The SMILES string of the molecule is COC(=O)c1ccc(CNC(=O)Cn2c(=O)n(C)c3ccccc32)cc1. The van der Waals surface area contributed by atoms with E-state index in [2.05, 4.69) is 10.1 Å². The van der Waals surface area contributed by atoms with Crippen LogP contribution in [0.3, 0.4) is 0 Å². The number of aromatic nitrogens is 2. The van der Waals surface area contributed by atoms with Crippen molar-refractivity contribution < 1.29 is 14.3 Å². The van der Waals surface area contributed by atoms with Crippen molar-refractivity contribution >= 4 is 22.9 Å². The topological polar surface area (TPSA) is 82.3 Å². The average Bonchev–Trinajstić information content (AvgIpc) is 2.91. The summed E-state index contributed by atoms with van der Waals surface area (Å²) in [5.41, 5.74) is 2.56. The molecule has 0 radical (unpaired) electrons. The molecule has 0 aliphatic rings. The van der Waals surface area contributed by atoms with Crippen molar-refractivity contribution in [3.63, 3.8) is 0 Å². The number of nitrogens with zero attached hydrogens (tertiary/aromatic N) is 2. The number of amides is 1. The summed E-state index contributed by atoms with van der Waals surface area (Å²) >= 11 is 0. The summed E-state index contributed by atoms with van der Waals surface area (Å²) in [6.07, 6.45) is 0. The second kappa shape index (κ2) is 7.26. The van der Waals surface area contributed by atoms with Crippen LogP contribution in [-0.4, -0.2) is 28.1 Å². The fourth-order valence-electron chi connectivity index (χ4n) is 2.79. The van der Waals surface area contributed by atoms with Crippen molar-refractivity contribution in [2.24, 2.45) is 7.05 Å². The Balaban J connectivity index is 1.68. The minimum atomic E-state index is -0.407. The number of methoxy groups -OCH3 is 1. The van der Waals surface area contributed by atoms with Gasteiger partial charge in [0.15, 0.2) is 0 Å². The summed E-state index contributed by atoms with van der Waals surface area (Å²) in [7, 11) is 3.01. The van der Waals surface area contributed by atoms with E-state index in [0.717, 1.165) is 16.6 Å². The zero-order valence-electron chi connectivity index (χ0n) is 14.6. The van der Waals surface area contributed by atoms with Gasteiger partial charge in [0.05, 0.1) is 23.7 Å². The van der Waals surface area contributed by atoms with Gasteiger partial charge in [-0.05, 0) is 29.8 Å². The Hall–Kier alpha value is -3.35. The third-order valence-electron chi connectivity index (χ3n) is 4.22. The first-order valence-corrected chi connectivity index (χ1v) is 8.09. The van der Waals surface area contributed by atoms with E-state index in [0.29, 0.717) is 12.1 Å². The number of fused-ring (bicyclic) bond motifs is 1. The summed E-state index contributed by atoms with van der Waals surface area (Å²) in [5, 5.41) is 2.79. The Morgan fingerprint density at radius 1 is 1.04 bits per heavy atom. The Kier molecular flexibility index (Phi) is 4.88. The fourth-order valence-corrected chi connectivity index (χ4v) is 2.79. The summed E-state index contributed by atoms with van der Waals surface area (Å²) in [6, 6.07) is 14.1. The molecule has 0 aliphatic carbocycles. The molecule has 1 aromatic heterocycles. The normalized spacial score (nSPS) is 10.7. The molecule has 0 aliphatic heterocycles. The number of hydrogen-bond donors (Lipinski definition) is 1. The summed E-state index contributed by atoms with van der Waals surface area (Å²) in [4.78, 5) is 36.0. The maximum Gasteiger partial charge on any atom is 0.337 e. The van der Waals surface area contributed by atoms with Crippen LogP contribution in [0, 0.1) is 0 Å². The van der Waals surface area contributed by atoms with Gasteiger partial charge >= 0.3 is 11.7 Å². The third-order valence-corrected chi connectivity index (χ3v) is 4.22. The second-order valence-corrected chi connectivity index (χ2v) is 5.88. The smallest absolute Gasteiger partial charge is 0.337 e. The van der Waals surface area contributed by atoms with E-state index in [-0.39, 0.29) is 18.1 Å². The molecule has 7 nitrogen and oxygen atoms in total. The Morgan fingerprint density at radius 3 is 2.35 bits per heavy atom. The number of hydrogen-bond acceptors (Lipinski definition) is 4. The van der Waals surface area contributed by atoms with Gasteiger partial charge in [-0.2, -0.15) is 0 Å². The number of benzene rings is 2. The zero-order chi connectivity index (χ0) is 18.7. The molecule has 0 atom stereocenters. The minimum absolute atomic E-state index is 0.0551. The molecule has 26 heavy (non-hydrogen) atoms. The lowest BCUT2D eigenvalue weighted by Crippen LogP contribution is -2.32. The van der Waals surface area contributed by atoms with Gasteiger partial charge in [-0.25, -0.2) is 9.59 Å². The molecule has 134 valence electrons. The lowest BCUT2D eigenvalue weighted by Gasteiger charge is -2.07. The molecule has 0 saturated heterocycles. The van der Waals surface area contributed by atoms with Gasteiger partial charge in [-0.1, -0.05) is 24.3 Å². The van der Waals surface area contributed by atoms with Gasteiger partial charge in [-0.3, -0.25) is 13.9 Å². The van der Waals surface area contributed by atoms with E-state index < -0.39 is 5.97 Å². The van der Waals surface area contributed by atoms with E-state index in [1.807, 2.05) is 24.3 Å². The van der Waals surface area contributed by atoms with Gasteiger partial charge in [-0.15, -0.1) is 0 Å².